The van der Waals surface area contributed by atoms with E-state index in [9.17, 15) is 22.0 Å². The highest BCUT2D eigenvalue weighted by atomic mass is 35.5. The van der Waals surface area contributed by atoms with Gasteiger partial charge in [0.25, 0.3) is 6.43 Å². The molecule has 1 aromatic rings. The molecule has 0 atom stereocenters. The molecular weight excluding hydrogens is 255 g/mol. The predicted molar refractivity (Wildman–Crippen MR) is 48.2 cm³/mol. The SMILES string of the molecule is Nc1nc(CCl)c(C(F)F)cc1C(F)(F)F. The van der Waals surface area contributed by atoms with Crippen molar-refractivity contribution in [1.82, 2.24) is 4.98 Å². The smallest absolute Gasteiger partial charge is 0.383 e. The third-order valence-electron chi connectivity index (χ3n) is 1.83. The summed E-state index contributed by atoms with van der Waals surface area (Å²) in [6.07, 6.45) is -7.89. The average Bonchev–Trinajstić information content (AvgIpc) is 2.14. The lowest BCUT2D eigenvalue weighted by Gasteiger charge is -2.13. The van der Waals surface area contributed by atoms with E-state index in [0.29, 0.717) is 0 Å². The third-order valence-corrected chi connectivity index (χ3v) is 2.08. The molecule has 0 aromatic carbocycles. The minimum absolute atomic E-state index is 0.282. The quantitative estimate of drug-likeness (QED) is 0.654. The summed E-state index contributed by atoms with van der Waals surface area (Å²) in [6, 6.07) is 0.282. The van der Waals surface area contributed by atoms with Gasteiger partial charge < -0.3 is 5.73 Å². The minimum Gasteiger partial charge on any atom is -0.383 e. The van der Waals surface area contributed by atoms with E-state index in [1.54, 1.807) is 0 Å². The normalized spacial score (nSPS) is 12.2. The van der Waals surface area contributed by atoms with Crippen molar-refractivity contribution in [2.45, 2.75) is 18.5 Å². The number of nitrogen functional groups attached to an aromatic ring is 1. The second-order valence-corrected chi connectivity index (χ2v) is 3.16. The van der Waals surface area contributed by atoms with Gasteiger partial charge in [-0.05, 0) is 6.07 Å². The van der Waals surface area contributed by atoms with Gasteiger partial charge in [0.1, 0.15) is 5.82 Å². The van der Waals surface area contributed by atoms with Crippen LogP contribution in [-0.4, -0.2) is 4.98 Å². The van der Waals surface area contributed by atoms with E-state index in [0.717, 1.165) is 0 Å². The van der Waals surface area contributed by atoms with Crippen LogP contribution in [0, 0.1) is 0 Å². The summed E-state index contributed by atoms with van der Waals surface area (Å²) in [6.45, 7) is 0. The number of hydrogen-bond donors (Lipinski definition) is 1. The molecule has 1 rings (SSSR count). The summed E-state index contributed by atoms with van der Waals surface area (Å²) in [5, 5.41) is 0. The molecule has 90 valence electrons. The molecule has 0 fully saturated rings. The maximum absolute atomic E-state index is 12.4. The van der Waals surface area contributed by atoms with Gasteiger partial charge in [-0.3, -0.25) is 0 Å². The fourth-order valence-corrected chi connectivity index (χ4v) is 1.32. The van der Waals surface area contributed by atoms with Crippen molar-refractivity contribution in [2.75, 3.05) is 5.73 Å². The number of aromatic nitrogens is 1. The van der Waals surface area contributed by atoms with Gasteiger partial charge in [-0.25, -0.2) is 13.8 Å². The van der Waals surface area contributed by atoms with Gasteiger partial charge in [-0.2, -0.15) is 13.2 Å². The molecule has 0 radical (unpaired) electrons. The highest BCUT2D eigenvalue weighted by Crippen LogP contribution is 2.36. The van der Waals surface area contributed by atoms with Crippen molar-refractivity contribution < 1.29 is 22.0 Å². The van der Waals surface area contributed by atoms with Gasteiger partial charge in [-0.1, -0.05) is 0 Å². The molecule has 1 heterocycles. The van der Waals surface area contributed by atoms with E-state index in [1.807, 2.05) is 0 Å². The highest BCUT2D eigenvalue weighted by molar-refractivity contribution is 6.17. The van der Waals surface area contributed by atoms with Crippen molar-refractivity contribution in [1.29, 1.82) is 0 Å². The Morgan fingerprint density at radius 1 is 1.38 bits per heavy atom. The lowest BCUT2D eigenvalue weighted by Crippen LogP contribution is -2.13. The summed E-state index contributed by atoms with van der Waals surface area (Å²) in [7, 11) is 0. The van der Waals surface area contributed by atoms with E-state index in [1.165, 1.54) is 0 Å². The van der Waals surface area contributed by atoms with Gasteiger partial charge in [-0.15, -0.1) is 11.6 Å². The van der Waals surface area contributed by atoms with Gasteiger partial charge in [0.15, 0.2) is 0 Å². The standard InChI is InChI=1S/C8H6ClF5N2/c9-2-5-3(6(10)11)1-4(7(15)16-5)8(12,13)14/h1,6H,2H2,(H2,15,16). The molecule has 16 heavy (non-hydrogen) atoms. The first-order valence-electron chi connectivity index (χ1n) is 3.98. The van der Waals surface area contributed by atoms with Gasteiger partial charge in [0.2, 0.25) is 0 Å². The molecule has 8 heteroatoms. The molecule has 2 nitrogen and oxygen atoms in total. The average molecular weight is 261 g/mol. The first-order chi connectivity index (χ1) is 7.27. The van der Waals surface area contributed by atoms with Gasteiger partial charge in [0, 0.05) is 5.56 Å². The summed E-state index contributed by atoms with van der Waals surface area (Å²) < 4.78 is 61.8. The summed E-state index contributed by atoms with van der Waals surface area (Å²) in [5.41, 5.74) is 2.44. The predicted octanol–water partition coefficient (Wildman–Crippen LogP) is 3.36. The Hall–Kier alpha value is -1.11. The van der Waals surface area contributed by atoms with Crippen LogP contribution in [0.4, 0.5) is 27.8 Å². The molecule has 0 bridgehead atoms. The van der Waals surface area contributed by atoms with Crippen LogP contribution in [0.15, 0.2) is 6.07 Å². The molecule has 0 saturated carbocycles. The van der Waals surface area contributed by atoms with Crippen molar-refractivity contribution in [3.8, 4) is 0 Å². The number of anilines is 1. The third kappa shape index (κ3) is 2.52. The van der Waals surface area contributed by atoms with Crippen molar-refractivity contribution in [3.63, 3.8) is 0 Å². The second kappa shape index (κ2) is 4.40. The van der Waals surface area contributed by atoms with Gasteiger partial charge in [0.05, 0.1) is 17.1 Å². The largest absolute Gasteiger partial charge is 0.419 e. The zero-order valence-electron chi connectivity index (χ0n) is 7.65. The Labute approximate surface area is 92.2 Å². The van der Waals surface area contributed by atoms with Gasteiger partial charge >= 0.3 is 6.18 Å². The Balaban J connectivity index is 3.39. The van der Waals surface area contributed by atoms with Crippen LogP contribution < -0.4 is 5.73 Å². The zero-order chi connectivity index (χ0) is 12.5. The summed E-state index contributed by atoms with van der Waals surface area (Å²) >= 11 is 5.28. The van der Waals surface area contributed by atoms with Crippen molar-refractivity contribution in [3.05, 3.63) is 22.9 Å². The number of nitrogens with two attached hydrogens (primary N) is 1. The van der Waals surface area contributed by atoms with Crippen LogP contribution in [0.25, 0.3) is 0 Å². The molecule has 2 N–H and O–H groups in total. The summed E-state index contributed by atoms with van der Waals surface area (Å²) in [4.78, 5) is 3.23. The van der Waals surface area contributed by atoms with Crippen LogP contribution in [0.1, 0.15) is 23.2 Å². The van der Waals surface area contributed by atoms with Crippen LogP contribution in [-0.2, 0) is 12.1 Å². The molecule has 1 aromatic heterocycles. The zero-order valence-corrected chi connectivity index (χ0v) is 8.41. The topological polar surface area (TPSA) is 38.9 Å². The maximum Gasteiger partial charge on any atom is 0.419 e. The van der Waals surface area contributed by atoms with E-state index < -0.39 is 35.4 Å². The van der Waals surface area contributed by atoms with E-state index in [4.69, 9.17) is 17.3 Å². The number of pyridine rings is 1. The lowest BCUT2D eigenvalue weighted by atomic mass is 10.1. The van der Waals surface area contributed by atoms with Crippen LogP contribution in [0.3, 0.4) is 0 Å². The Morgan fingerprint density at radius 3 is 2.31 bits per heavy atom. The Kier molecular flexibility index (Phi) is 3.57. The number of nitrogens with zero attached hydrogens (tertiary/aromatic N) is 1. The maximum atomic E-state index is 12.4. The monoisotopic (exact) mass is 260 g/mol. The molecule has 0 unspecified atom stereocenters. The van der Waals surface area contributed by atoms with E-state index >= 15 is 0 Å². The first-order valence-corrected chi connectivity index (χ1v) is 4.51. The van der Waals surface area contributed by atoms with Crippen LogP contribution in [0.2, 0.25) is 0 Å². The van der Waals surface area contributed by atoms with Crippen molar-refractivity contribution in [2.24, 2.45) is 0 Å². The molecule has 0 aliphatic carbocycles. The molecule has 0 aliphatic heterocycles. The molecule has 0 spiro atoms. The second-order valence-electron chi connectivity index (χ2n) is 2.89. The highest BCUT2D eigenvalue weighted by Gasteiger charge is 2.35. The minimum atomic E-state index is -4.81. The summed E-state index contributed by atoms with van der Waals surface area (Å²) in [5.74, 6) is -1.28. The molecular formula is C8H6ClF5N2. The number of rotatable bonds is 2. The van der Waals surface area contributed by atoms with Crippen LogP contribution in [0.5, 0.6) is 0 Å². The van der Waals surface area contributed by atoms with Crippen molar-refractivity contribution >= 4 is 17.4 Å². The fraction of sp³-hybridized carbons (Fsp3) is 0.375. The van der Waals surface area contributed by atoms with E-state index in [2.05, 4.69) is 4.98 Å². The molecule has 0 aliphatic rings. The molecule has 0 amide bonds. The fourth-order valence-electron chi connectivity index (χ4n) is 1.11. The Bertz CT molecular complexity index is 391. The lowest BCUT2D eigenvalue weighted by molar-refractivity contribution is -0.137. The molecule has 0 saturated heterocycles. The number of alkyl halides is 6. The number of hydrogen-bond acceptors (Lipinski definition) is 2. The Morgan fingerprint density at radius 2 is 1.94 bits per heavy atom. The first kappa shape index (κ1) is 13.0. The van der Waals surface area contributed by atoms with E-state index in [-0.39, 0.29) is 11.8 Å². The number of halogens is 6. The van der Waals surface area contributed by atoms with Crippen LogP contribution >= 0.6 is 11.6 Å².